The molecule has 0 fully saturated rings. The predicted molar refractivity (Wildman–Crippen MR) is 152 cm³/mol. The zero-order chi connectivity index (χ0) is 26.4. The molecule has 6 nitrogen and oxygen atoms in total. The summed E-state index contributed by atoms with van der Waals surface area (Å²) in [5.41, 5.74) is 3.66. The molecule has 2 heterocycles. The molecular weight excluding hydrogens is 591 g/mol. The maximum absolute atomic E-state index is 6.32. The Morgan fingerprint density at radius 2 is 1.30 bits per heavy atom. The summed E-state index contributed by atoms with van der Waals surface area (Å²) in [6.45, 7) is 0. The van der Waals surface area contributed by atoms with Gasteiger partial charge in [0.05, 0.1) is 5.82 Å². The summed E-state index contributed by atoms with van der Waals surface area (Å²) < 4.78 is 14.4. The van der Waals surface area contributed by atoms with Crippen LogP contribution < -0.4 is 14.4 Å². The summed E-state index contributed by atoms with van der Waals surface area (Å²) in [6, 6.07) is 42.0. The topological polar surface area (TPSA) is 52.4 Å². The van der Waals surface area contributed by atoms with Gasteiger partial charge in [-0.25, -0.2) is 4.98 Å². The van der Waals surface area contributed by atoms with Gasteiger partial charge < -0.3 is 18.9 Å². The minimum atomic E-state index is 0. The number of hydrogen-bond donors (Lipinski definition) is 0. The van der Waals surface area contributed by atoms with Crippen LogP contribution in [0.3, 0.4) is 0 Å². The standard InChI is InChI=1S/C33H24N4O2.Pd/c1-36-20-19-35-33(36)25-11-10-16-29(21-25)38-30-22-28(23-31(24-30)39-32-17-8-9-18-34-32)37(26-12-4-2-5-13-26)27-14-6-3-7-15-27;/h2-20,22-23H,1H3;/q-2;+2. The van der Waals surface area contributed by atoms with Crippen molar-refractivity contribution in [3.05, 3.63) is 140 Å². The van der Waals surface area contributed by atoms with E-state index in [0.717, 1.165) is 28.5 Å². The summed E-state index contributed by atoms with van der Waals surface area (Å²) >= 11 is 0. The number of aryl methyl sites for hydroxylation is 1. The minimum Gasteiger partial charge on any atom is -0.503 e. The van der Waals surface area contributed by atoms with Gasteiger partial charge in [-0.3, -0.25) is 4.98 Å². The van der Waals surface area contributed by atoms with E-state index in [1.807, 2.05) is 96.7 Å². The molecule has 0 spiro atoms. The first kappa shape index (κ1) is 26.9. The van der Waals surface area contributed by atoms with Crippen LogP contribution in [0.5, 0.6) is 23.1 Å². The SMILES string of the molecule is Cn1ccnc1-c1[c-]c(Oc2[c-]c(Oc3ccccn3)cc(N(c3ccccc3)c3ccccc3)c2)ccc1.[Pd+2]. The maximum Gasteiger partial charge on any atom is 2.00 e. The van der Waals surface area contributed by atoms with Crippen LogP contribution in [-0.4, -0.2) is 14.5 Å². The van der Waals surface area contributed by atoms with Gasteiger partial charge in [0.2, 0.25) is 5.88 Å². The number of aromatic nitrogens is 3. The van der Waals surface area contributed by atoms with Crippen molar-refractivity contribution >= 4 is 17.1 Å². The number of imidazole rings is 1. The van der Waals surface area contributed by atoms with Crippen molar-refractivity contribution < 1.29 is 29.9 Å². The van der Waals surface area contributed by atoms with E-state index in [-0.39, 0.29) is 20.4 Å². The van der Waals surface area contributed by atoms with Crippen LogP contribution in [0.1, 0.15) is 0 Å². The first-order valence-corrected chi connectivity index (χ1v) is 12.5. The van der Waals surface area contributed by atoms with Gasteiger partial charge in [-0.15, -0.1) is 35.9 Å². The van der Waals surface area contributed by atoms with Crippen LogP contribution in [0.25, 0.3) is 11.4 Å². The van der Waals surface area contributed by atoms with Crippen LogP contribution in [-0.2, 0) is 27.5 Å². The van der Waals surface area contributed by atoms with E-state index in [9.17, 15) is 0 Å². The summed E-state index contributed by atoms with van der Waals surface area (Å²) in [4.78, 5) is 10.9. The Kier molecular flexibility index (Phi) is 8.36. The molecule has 7 heteroatoms. The minimum absolute atomic E-state index is 0. The first-order valence-electron chi connectivity index (χ1n) is 12.5. The fourth-order valence-electron chi connectivity index (χ4n) is 4.25. The molecule has 0 bridgehead atoms. The number of nitrogens with zero attached hydrogens (tertiary/aromatic N) is 4. The molecule has 6 rings (SSSR count). The quantitative estimate of drug-likeness (QED) is 0.128. The van der Waals surface area contributed by atoms with E-state index in [2.05, 4.69) is 51.3 Å². The summed E-state index contributed by atoms with van der Waals surface area (Å²) in [7, 11) is 1.95. The Bertz CT molecular complexity index is 1640. The Morgan fingerprint density at radius 1 is 0.625 bits per heavy atom. The number of anilines is 3. The zero-order valence-electron chi connectivity index (χ0n) is 21.5. The van der Waals surface area contributed by atoms with Crippen molar-refractivity contribution in [2.45, 2.75) is 0 Å². The van der Waals surface area contributed by atoms with Crippen LogP contribution in [0.4, 0.5) is 17.1 Å². The Balaban J connectivity index is 0.00000323. The molecule has 0 saturated heterocycles. The third kappa shape index (κ3) is 6.13. The first-order chi connectivity index (χ1) is 19.2. The molecule has 0 N–H and O–H groups in total. The van der Waals surface area contributed by atoms with E-state index in [0.29, 0.717) is 23.1 Å². The van der Waals surface area contributed by atoms with Gasteiger partial charge in [0.25, 0.3) is 0 Å². The third-order valence-electron chi connectivity index (χ3n) is 5.99. The van der Waals surface area contributed by atoms with Gasteiger partial charge in [0.15, 0.2) is 0 Å². The van der Waals surface area contributed by atoms with E-state index in [1.54, 1.807) is 18.5 Å². The molecular formula is C33H24N4O2Pd. The Labute approximate surface area is 247 Å². The molecule has 0 radical (unpaired) electrons. The normalized spacial score (nSPS) is 10.4. The second-order valence-electron chi connectivity index (χ2n) is 8.74. The molecule has 6 aromatic rings. The van der Waals surface area contributed by atoms with Gasteiger partial charge in [0.1, 0.15) is 0 Å². The molecule has 4 aromatic carbocycles. The van der Waals surface area contributed by atoms with Gasteiger partial charge in [0, 0.05) is 60.3 Å². The van der Waals surface area contributed by atoms with Crippen molar-refractivity contribution in [1.82, 2.24) is 14.5 Å². The third-order valence-corrected chi connectivity index (χ3v) is 5.99. The number of ether oxygens (including phenoxy) is 2. The fourth-order valence-corrected chi connectivity index (χ4v) is 4.25. The van der Waals surface area contributed by atoms with Gasteiger partial charge >= 0.3 is 20.4 Å². The molecule has 0 unspecified atom stereocenters. The van der Waals surface area contributed by atoms with Crippen molar-refractivity contribution in [2.75, 3.05) is 4.90 Å². The Hall–Kier alpha value is -4.70. The molecule has 40 heavy (non-hydrogen) atoms. The maximum atomic E-state index is 6.32. The Morgan fingerprint density at radius 3 is 1.93 bits per heavy atom. The second kappa shape index (κ2) is 12.4. The number of pyridine rings is 1. The van der Waals surface area contributed by atoms with Crippen molar-refractivity contribution in [3.8, 4) is 34.5 Å². The molecule has 0 amide bonds. The van der Waals surface area contributed by atoms with E-state index < -0.39 is 0 Å². The van der Waals surface area contributed by atoms with E-state index in [1.165, 1.54) is 0 Å². The number of para-hydroxylation sites is 2. The average Bonchev–Trinajstić information content (AvgIpc) is 3.41. The van der Waals surface area contributed by atoms with Gasteiger partial charge in [-0.1, -0.05) is 60.3 Å². The predicted octanol–water partition coefficient (Wildman–Crippen LogP) is 8.13. The number of hydrogen-bond acceptors (Lipinski definition) is 5. The fraction of sp³-hybridized carbons (Fsp3) is 0.0303. The van der Waals surface area contributed by atoms with E-state index in [4.69, 9.17) is 9.47 Å². The number of rotatable bonds is 8. The second-order valence-corrected chi connectivity index (χ2v) is 8.74. The molecule has 0 aliphatic rings. The molecule has 2 aromatic heterocycles. The zero-order valence-corrected chi connectivity index (χ0v) is 23.1. The van der Waals surface area contributed by atoms with Crippen LogP contribution >= 0.6 is 0 Å². The monoisotopic (exact) mass is 614 g/mol. The average molecular weight is 615 g/mol. The molecule has 0 saturated carbocycles. The summed E-state index contributed by atoms with van der Waals surface area (Å²) in [6.07, 6.45) is 5.35. The van der Waals surface area contributed by atoms with E-state index >= 15 is 0 Å². The smallest absolute Gasteiger partial charge is 0.503 e. The van der Waals surface area contributed by atoms with Crippen LogP contribution in [0.15, 0.2) is 128 Å². The summed E-state index contributed by atoms with van der Waals surface area (Å²) in [5, 5.41) is 0. The van der Waals surface area contributed by atoms with Crippen molar-refractivity contribution in [3.63, 3.8) is 0 Å². The molecule has 0 atom stereocenters. The summed E-state index contributed by atoms with van der Waals surface area (Å²) in [5.74, 6) is 2.75. The van der Waals surface area contributed by atoms with Crippen molar-refractivity contribution in [2.24, 2.45) is 7.05 Å². The molecule has 198 valence electrons. The van der Waals surface area contributed by atoms with Gasteiger partial charge in [-0.2, -0.15) is 0 Å². The number of benzene rings is 4. The molecule has 0 aliphatic carbocycles. The van der Waals surface area contributed by atoms with Gasteiger partial charge in [-0.05, 0) is 30.3 Å². The van der Waals surface area contributed by atoms with Crippen LogP contribution in [0, 0.1) is 12.1 Å². The molecule has 0 aliphatic heterocycles. The van der Waals surface area contributed by atoms with Crippen molar-refractivity contribution in [1.29, 1.82) is 0 Å². The van der Waals surface area contributed by atoms with Crippen LogP contribution in [0.2, 0.25) is 0 Å². The largest absolute Gasteiger partial charge is 2.00 e.